The van der Waals surface area contributed by atoms with Crippen molar-refractivity contribution in [3.05, 3.63) is 71.0 Å². The molecule has 1 aromatic carbocycles. The van der Waals surface area contributed by atoms with Crippen LogP contribution in [0.3, 0.4) is 0 Å². The number of hydrogen-bond acceptors (Lipinski definition) is 5. The van der Waals surface area contributed by atoms with Crippen molar-refractivity contribution in [1.29, 1.82) is 10.8 Å². The molecule has 2 amide bonds. The number of fused-ring (bicyclic) bond motifs is 1. The molecule has 0 saturated heterocycles. The lowest BCUT2D eigenvalue weighted by molar-refractivity contribution is 0.171. The molecular formula is C27H36N6O3. The first kappa shape index (κ1) is 26.7. The second-order valence-electron chi connectivity index (χ2n) is 10.3. The number of carbonyl (C=O) groups excluding carboxylic acids is 1. The summed E-state index contributed by atoms with van der Waals surface area (Å²) in [6.07, 6.45) is 4.01. The number of carbonyl (C=O) groups is 1. The molecule has 1 aliphatic rings. The fraction of sp³-hybridized carbons (Fsp3) is 0.407. The fourth-order valence-corrected chi connectivity index (χ4v) is 3.90. The number of benzene rings is 1. The Morgan fingerprint density at radius 2 is 1.89 bits per heavy atom. The van der Waals surface area contributed by atoms with Gasteiger partial charge in [0.25, 0.3) is 0 Å². The number of aromatic nitrogens is 1. The van der Waals surface area contributed by atoms with E-state index in [0.29, 0.717) is 24.4 Å². The highest BCUT2D eigenvalue weighted by atomic mass is 16.5. The number of hydrogen-bond donors (Lipinski definition) is 5. The lowest BCUT2D eigenvalue weighted by Crippen LogP contribution is -2.32. The molecule has 0 saturated carbocycles. The quantitative estimate of drug-likeness (QED) is 0.228. The van der Waals surface area contributed by atoms with Gasteiger partial charge in [0.15, 0.2) is 0 Å². The Hall–Kier alpha value is -3.88. The van der Waals surface area contributed by atoms with Gasteiger partial charge in [0.05, 0.1) is 12.2 Å². The normalized spacial score (nSPS) is 18.5. The minimum absolute atomic E-state index is 0.0289. The molecule has 2 aromatic rings. The van der Waals surface area contributed by atoms with Crippen LogP contribution in [0.25, 0.3) is 0 Å². The van der Waals surface area contributed by atoms with Crippen molar-refractivity contribution in [3.63, 3.8) is 0 Å². The van der Waals surface area contributed by atoms with Gasteiger partial charge in [0.1, 0.15) is 34.8 Å². The van der Waals surface area contributed by atoms with Crippen LogP contribution in [0.2, 0.25) is 0 Å². The Morgan fingerprint density at radius 3 is 2.53 bits per heavy atom. The summed E-state index contributed by atoms with van der Waals surface area (Å²) >= 11 is 0. The maximum atomic E-state index is 12.6. The average Bonchev–Trinajstić information content (AvgIpc) is 2.80. The monoisotopic (exact) mass is 492 g/mol. The van der Waals surface area contributed by atoms with E-state index in [4.69, 9.17) is 21.3 Å². The number of ether oxygens (including phenoxy) is 1. The van der Waals surface area contributed by atoms with Crippen LogP contribution in [0.4, 0.5) is 4.79 Å². The molecule has 2 atom stereocenters. The number of urea groups is 1. The third kappa shape index (κ3) is 6.41. The van der Waals surface area contributed by atoms with Gasteiger partial charge in [-0.25, -0.2) is 4.79 Å². The van der Waals surface area contributed by atoms with Crippen molar-refractivity contribution in [1.82, 2.24) is 9.88 Å². The highest BCUT2D eigenvalue weighted by Gasteiger charge is 2.29. The number of nitrogens with two attached hydrogens (primary N) is 1. The number of nitrogens with zero attached hydrogens (tertiary/aromatic N) is 2. The molecule has 0 fully saturated rings. The number of amides is 2. The molecule has 1 unspecified atom stereocenters. The Kier molecular flexibility index (Phi) is 8.02. The summed E-state index contributed by atoms with van der Waals surface area (Å²) in [5, 5.41) is 29.4. The van der Waals surface area contributed by atoms with Crippen molar-refractivity contribution in [2.75, 3.05) is 0 Å². The smallest absolute Gasteiger partial charge is 0.343 e. The SMILES string of the molecule is CC(C)C(=N)n1cc(O[C@@H]2CCC(NC(=O)/N=C(N)\C=C(/O)C(C)(C)C)c3ccccc32)ccc1=N. The number of pyridine rings is 1. The molecule has 1 aliphatic carbocycles. The molecule has 0 spiro atoms. The highest BCUT2D eigenvalue weighted by molar-refractivity contribution is 5.99. The van der Waals surface area contributed by atoms with Crippen molar-refractivity contribution in [2.24, 2.45) is 22.1 Å². The maximum Gasteiger partial charge on any atom is 0.343 e. The zero-order chi connectivity index (χ0) is 26.6. The van der Waals surface area contributed by atoms with Crippen LogP contribution in [-0.2, 0) is 0 Å². The van der Waals surface area contributed by atoms with Crippen LogP contribution in [0, 0.1) is 22.2 Å². The summed E-state index contributed by atoms with van der Waals surface area (Å²) in [4.78, 5) is 16.4. The minimum atomic E-state index is -0.580. The standard InChI is InChI=1S/C27H36N6O3/c1-16(2)25(30)33-15-17(10-13-24(33)29)36-21-12-11-20(18-8-6-7-9-19(18)21)31-26(35)32-23(28)14-22(34)27(3,4)5/h6-10,13-16,20-21,29-30,34H,11-12H2,1-5H3,(H3,28,31,32,35)/b22-14-,29-24?,30-25?/t20?,21-/m1/s1. The minimum Gasteiger partial charge on any atom is -0.512 e. The van der Waals surface area contributed by atoms with Gasteiger partial charge in [-0.3, -0.25) is 15.4 Å². The number of amidine groups is 1. The van der Waals surface area contributed by atoms with Crippen molar-refractivity contribution < 1.29 is 14.6 Å². The summed E-state index contributed by atoms with van der Waals surface area (Å²) in [5.41, 5.74) is 7.46. The van der Waals surface area contributed by atoms with Crippen LogP contribution in [0.1, 0.15) is 70.7 Å². The zero-order valence-electron chi connectivity index (χ0n) is 21.5. The average molecular weight is 493 g/mol. The predicted octanol–water partition coefficient (Wildman–Crippen LogP) is 4.96. The van der Waals surface area contributed by atoms with Gasteiger partial charge >= 0.3 is 6.03 Å². The molecule has 0 radical (unpaired) electrons. The molecule has 9 heteroatoms. The largest absolute Gasteiger partial charge is 0.512 e. The molecule has 36 heavy (non-hydrogen) atoms. The first-order chi connectivity index (χ1) is 16.9. The second kappa shape index (κ2) is 10.8. The van der Waals surface area contributed by atoms with Gasteiger partial charge in [-0.1, -0.05) is 58.9 Å². The number of aliphatic imine (C=N–C) groups is 1. The van der Waals surface area contributed by atoms with E-state index < -0.39 is 11.4 Å². The number of rotatable bonds is 5. The van der Waals surface area contributed by atoms with Crippen LogP contribution in [-0.4, -0.2) is 27.4 Å². The summed E-state index contributed by atoms with van der Waals surface area (Å²) < 4.78 is 7.82. The number of aliphatic hydroxyl groups is 1. The van der Waals surface area contributed by atoms with Gasteiger partial charge in [0.2, 0.25) is 0 Å². The molecule has 0 bridgehead atoms. The van der Waals surface area contributed by atoms with E-state index in [1.165, 1.54) is 10.6 Å². The summed E-state index contributed by atoms with van der Waals surface area (Å²) in [7, 11) is 0. The zero-order valence-corrected chi connectivity index (χ0v) is 21.5. The van der Waals surface area contributed by atoms with Gasteiger partial charge in [0, 0.05) is 17.4 Å². The number of aliphatic hydroxyl groups excluding tert-OH is 1. The second-order valence-corrected chi connectivity index (χ2v) is 10.3. The predicted molar refractivity (Wildman–Crippen MR) is 140 cm³/mol. The van der Waals surface area contributed by atoms with Gasteiger partial charge in [-0.2, -0.15) is 4.99 Å². The molecule has 1 aromatic heterocycles. The van der Waals surface area contributed by atoms with Crippen molar-refractivity contribution in [3.8, 4) is 5.75 Å². The lowest BCUT2D eigenvalue weighted by Gasteiger charge is -2.32. The van der Waals surface area contributed by atoms with Gasteiger partial charge in [-0.15, -0.1) is 0 Å². The van der Waals surface area contributed by atoms with Crippen LogP contribution < -0.4 is 21.3 Å². The third-order valence-electron chi connectivity index (χ3n) is 6.02. The Balaban J connectivity index is 1.78. The van der Waals surface area contributed by atoms with Crippen molar-refractivity contribution >= 4 is 17.7 Å². The van der Waals surface area contributed by atoms with Crippen LogP contribution in [0.5, 0.6) is 5.75 Å². The number of nitrogens with one attached hydrogen (secondary N) is 3. The van der Waals surface area contributed by atoms with E-state index >= 15 is 0 Å². The van der Waals surface area contributed by atoms with E-state index in [-0.39, 0.29) is 35.1 Å². The van der Waals surface area contributed by atoms with Gasteiger partial charge < -0.3 is 20.9 Å². The van der Waals surface area contributed by atoms with E-state index in [9.17, 15) is 9.90 Å². The Bertz CT molecular complexity index is 1250. The molecular weight excluding hydrogens is 456 g/mol. The molecule has 6 N–H and O–H groups in total. The van der Waals surface area contributed by atoms with Crippen LogP contribution >= 0.6 is 0 Å². The first-order valence-corrected chi connectivity index (χ1v) is 12.0. The molecule has 0 aliphatic heterocycles. The molecule has 192 valence electrons. The van der Waals surface area contributed by atoms with Crippen molar-refractivity contribution in [2.45, 2.75) is 59.6 Å². The summed E-state index contributed by atoms with van der Waals surface area (Å²) in [6, 6.07) is 10.3. The van der Waals surface area contributed by atoms with E-state index in [0.717, 1.165) is 11.1 Å². The topological polar surface area (TPSA) is 150 Å². The third-order valence-corrected chi connectivity index (χ3v) is 6.02. The Labute approximate surface area is 211 Å². The molecule has 3 rings (SSSR count). The van der Waals surface area contributed by atoms with E-state index in [1.54, 1.807) is 18.3 Å². The highest BCUT2D eigenvalue weighted by Crippen LogP contribution is 2.38. The van der Waals surface area contributed by atoms with Crippen LogP contribution in [0.15, 0.2) is 59.4 Å². The summed E-state index contributed by atoms with van der Waals surface area (Å²) in [6.45, 7) is 9.32. The van der Waals surface area contributed by atoms with E-state index in [1.807, 2.05) is 58.9 Å². The Morgan fingerprint density at radius 1 is 1.22 bits per heavy atom. The molecule has 1 heterocycles. The first-order valence-electron chi connectivity index (χ1n) is 12.0. The maximum absolute atomic E-state index is 12.6. The van der Waals surface area contributed by atoms with Gasteiger partial charge in [-0.05, 0) is 36.1 Å². The van der Waals surface area contributed by atoms with E-state index in [2.05, 4.69) is 10.3 Å². The lowest BCUT2D eigenvalue weighted by atomic mass is 9.85. The summed E-state index contributed by atoms with van der Waals surface area (Å²) in [5.74, 6) is 0.842. The number of allylic oxidation sites excluding steroid dienone is 1. The molecule has 9 nitrogen and oxygen atoms in total. The fourth-order valence-electron chi connectivity index (χ4n) is 3.90.